The van der Waals surface area contributed by atoms with Crippen LogP contribution in [0.3, 0.4) is 0 Å². The summed E-state index contributed by atoms with van der Waals surface area (Å²) in [6, 6.07) is 7.59. The molecular weight excluding hydrogens is 256 g/mol. The Bertz CT molecular complexity index is 443. The van der Waals surface area contributed by atoms with Gasteiger partial charge in [-0.2, -0.15) is 0 Å². The molecule has 0 spiro atoms. The SMILES string of the molecule is C=CC/C=C/C/C=C/CCCCCCc1cccc(O)c1. The molecule has 1 rings (SSSR count). The van der Waals surface area contributed by atoms with E-state index in [1.807, 2.05) is 18.2 Å². The summed E-state index contributed by atoms with van der Waals surface area (Å²) in [4.78, 5) is 0. The fraction of sp³-hybridized carbons (Fsp3) is 0.400. The predicted octanol–water partition coefficient (Wildman–Crippen LogP) is 5.96. The summed E-state index contributed by atoms with van der Waals surface area (Å²) in [7, 11) is 0. The molecule has 0 saturated carbocycles. The van der Waals surface area contributed by atoms with E-state index in [0.29, 0.717) is 5.75 Å². The van der Waals surface area contributed by atoms with Crippen molar-refractivity contribution in [3.63, 3.8) is 0 Å². The third-order valence-electron chi connectivity index (χ3n) is 3.41. The van der Waals surface area contributed by atoms with Gasteiger partial charge in [-0.15, -0.1) is 6.58 Å². The van der Waals surface area contributed by atoms with E-state index in [-0.39, 0.29) is 0 Å². The lowest BCUT2D eigenvalue weighted by molar-refractivity contribution is 0.474. The first-order chi connectivity index (χ1) is 10.3. The Labute approximate surface area is 129 Å². The quantitative estimate of drug-likeness (QED) is 0.392. The van der Waals surface area contributed by atoms with E-state index >= 15 is 0 Å². The van der Waals surface area contributed by atoms with Crippen LogP contribution in [0.25, 0.3) is 0 Å². The maximum absolute atomic E-state index is 9.39. The third kappa shape index (κ3) is 9.73. The summed E-state index contributed by atoms with van der Waals surface area (Å²) in [5.74, 6) is 0.375. The summed E-state index contributed by atoms with van der Waals surface area (Å²) in [5.41, 5.74) is 1.24. The Balaban J connectivity index is 1.95. The highest BCUT2D eigenvalue weighted by atomic mass is 16.3. The van der Waals surface area contributed by atoms with Crippen molar-refractivity contribution in [2.45, 2.75) is 51.4 Å². The molecule has 114 valence electrons. The zero-order valence-electron chi connectivity index (χ0n) is 13.0. The number of allylic oxidation sites excluding steroid dienone is 5. The third-order valence-corrected chi connectivity index (χ3v) is 3.41. The lowest BCUT2D eigenvalue weighted by Crippen LogP contribution is -1.85. The number of phenolic OH excluding ortho intramolecular Hbond substituents is 1. The summed E-state index contributed by atoms with van der Waals surface area (Å²) in [5, 5.41) is 9.39. The van der Waals surface area contributed by atoms with Crippen LogP contribution in [0, 0.1) is 0 Å². The molecule has 0 aliphatic carbocycles. The van der Waals surface area contributed by atoms with Crippen LogP contribution in [-0.4, -0.2) is 5.11 Å². The molecule has 1 aromatic rings. The van der Waals surface area contributed by atoms with Gasteiger partial charge in [0.25, 0.3) is 0 Å². The van der Waals surface area contributed by atoms with Gasteiger partial charge in [0.05, 0.1) is 0 Å². The van der Waals surface area contributed by atoms with Crippen molar-refractivity contribution in [3.05, 3.63) is 66.8 Å². The van der Waals surface area contributed by atoms with Crippen LogP contribution >= 0.6 is 0 Å². The molecule has 0 fully saturated rings. The molecule has 0 radical (unpaired) electrons. The minimum absolute atomic E-state index is 0.375. The van der Waals surface area contributed by atoms with Gasteiger partial charge in [-0.3, -0.25) is 0 Å². The zero-order valence-corrected chi connectivity index (χ0v) is 13.0. The standard InChI is InChI=1S/C20H28O/c1-2-3-4-5-6-7-8-9-10-11-12-13-15-19-16-14-17-20(21)18-19/h2,4-5,7-8,14,16-18,21H,1,3,6,9-13,15H2/b5-4+,8-7+. The van der Waals surface area contributed by atoms with Crippen LogP contribution in [0.5, 0.6) is 5.75 Å². The van der Waals surface area contributed by atoms with Crippen LogP contribution in [0.2, 0.25) is 0 Å². The van der Waals surface area contributed by atoms with Crippen molar-refractivity contribution in [3.8, 4) is 5.75 Å². The molecule has 1 aromatic carbocycles. The second-order valence-electron chi connectivity index (χ2n) is 5.33. The first-order valence-electron chi connectivity index (χ1n) is 8.01. The number of unbranched alkanes of at least 4 members (excludes halogenated alkanes) is 4. The Hall–Kier alpha value is -1.76. The van der Waals surface area contributed by atoms with E-state index in [1.165, 1.54) is 37.7 Å². The minimum atomic E-state index is 0.375. The van der Waals surface area contributed by atoms with Crippen molar-refractivity contribution in [1.82, 2.24) is 0 Å². The van der Waals surface area contributed by atoms with Gasteiger partial charge in [0, 0.05) is 0 Å². The van der Waals surface area contributed by atoms with Gasteiger partial charge in [0.15, 0.2) is 0 Å². The second kappa shape index (κ2) is 12.0. The summed E-state index contributed by atoms with van der Waals surface area (Å²) in [6.45, 7) is 3.69. The molecule has 0 amide bonds. The molecule has 1 N–H and O–H groups in total. The molecule has 0 aliphatic heterocycles. The zero-order chi connectivity index (χ0) is 15.2. The fourth-order valence-corrected chi connectivity index (χ4v) is 2.24. The molecule has 0 atom stereocenters. The Kier molecular flexibility index (Phi) is 9.89. The van der Waals surface area contributed by atoms with E-state index < -0.39 is 0 Å². The Morgan fingerprint density at radius 1 is 0.905 bits per heavy atom. The average Bonchev–Trinajstić information content (AvgIpc) is 2.48. The predicted molar refractivity (Wildman–Crippen MR) is 92.6 cm³/mol. The first kappa shape index (κ1) is 17.3. The smallest absolute Gasteiger partial charge is 0.115 e. The van der Waals surface area contributed by atoms with Crippen molar-refractivity contribution in [1.29, 1.82) is 0 Å². The summed E-state index contributed by atoms with van der Waals surface area (Å²) >= 11 is 0. The number of rotatable bonds is 11. The molecule has 1 nitrogen and oxygen atoms in total. The number of benzene rings is 1. The van der Waals surface area contributed by atoms with Crippen LogP contribution < -0.4 is 0 Å². The van der Waals surface area contributed by atoms with Gasteiger partial charge >= 0.3 is 0 Å². The lowest BCUT2D eigenvalue weighted by atomic mass is 10.1. The minimum Gasteiger partial charge on any atom is -0.508 e. The van der Waals surface area contributed by atoms with Crippen molar-refractivity contribution < 1.29 is 5.11 Å². The van der Waals surface area contributed by atoms with E-state index in [0.717, 1.165) is 19.3 Å². The first-order valence-corrected chi connectivity index (χ1v) is 8.01. The number of aryl methyl sites for hydroxylation is 1. The van der Waals surface area contributed by atoms with E-state index in [2.05, 4.69) is 36.9 Å². The highest BCUT2D eigenvalue weighted by molar-refractivity contribution is 5.27. The molecule has 0 bridgehead atoms. The summed E-state index contributed by atoms with van der Waals surface area (Å²) < 4.78 is 0. The largest absolute Gasteiger partial charge is 0.508 e. The van der Waals surface area contributed by atoms with E-state index in [1.54, 1.807) is 6.07 Å². The van der Waals surface area contributed by atoms with Crippen molar-refractivity contribution >= 4 is 0 Å². The fourth-order valence-electron chi connectivity index (χ4n) is 2.24. The molecule has 0 saturated heterocycles. The summed E-state index contributed by atoms with van der Waals surface area (Å²) in [6.07, 6.45) is 20.1. The molecule has 0 heterocycles. The van der Waals surface area contributed by atoms with Gasteiger partial charge in [0.1, 0.15) is 5.75 Å². The Morgan fingerprint density at radius 2 is 1.67 bits per heavy atom. The van der Waals surface area contributed by atoms with E-state index in [9.17, 15) is 5.11 Å². The molecule has 1 heteroatoms. The normalized spacial score (nSPS) is 11.4. The van der Waals surface area contributed by atoms with E-state index in [4.69, 9.17) is 0 Å². The second-order valence-corrected chi connectivity index (χ2v) is 5.33. The van der Waals surface area contributed by atoms with Crippen LogP contribution in [-0.2, 0) is 6.42 Å². The van der Waals surface area contributed by atoms with Gasteiger partial charge in [0.2, 0.25) is 0 Å². The highest BCUT2D eigenvalue weighted by Crippen LogP contribution is 2.14. The van der Waals surface area contributed by atoms with Crippen LogP contribution in [0.4, 0.5) is 0 Å². The lowest BCUT2D eigenvalue weighted by Gasteiger charge is -2.02. The van der Waals surface area contributed by atoms with Crippen molar-refractivity contribution in [2.24, 2.45) is 0 Å². The molecule has 0 unspecified atom stereocenters. The molecule has 0 aliphatic rings. The number of phenols is 1. The maximum atomic E-state index is 9.39. The van der Waals surface area contributed by atoms with Gasteiger partial charge in [-0.25, -0.2) is 0 Å². The van der Waals surface area contributed by atoms with Gasteiger partial charge in [-0.1, -0.05) is 55.4 Å². The highest BCUT2D eigenvalue weighted by Gasteiger charge is 1.95. The monoisotopic (exact) mass is 284 g/mol. The molecule has 21 heavy (non-hydrogen) atoms. The van der Waals surface area contributed by atoms with Gasteiger partial charge < -0.3 is 5.11 Å². The molecule has 0 aromatic heterocycles. The Morgan fingerprint density at radius 3 is 2.48 bits per heavy atom. The number of aromatic hydroxyl groups is 1. The topological polar surface area (TPSA) is 20.2 Å². The van der Waals surface area contributed by atoms with Crippen LogP contribution in [0.15, 0.2) is 61.2 Å². The average molecular weight is 284 g/mol. The van der Waals surface area contributed by atoms with Crippen LogP contribution in [0.1, 0.15) is 50.5 Å². The van der Waals surface area contributed by atoms with Gasteiger partial charge in [-0.05, 0) is 56.2 Å². The number of hydrogen-bond acceptors (Lipinski definition) is 1. The van der Waals surface area contributed by atoms with Crippen molar-refractivity contribution in [2.75, 3.05) is 0 Å². The number of hydrogen-bond donors (Lipinski definition) is 1. The maximum Gasteiger partial charge on any atom is 0.115 e. The molecular formula is C20H28O.